The summed E-state index contributed by atoms with van der Waals surface area (Å²) >= 11 is 0. The Kier molecular flexibility index (Phi) is 5.90. The van der Waals surface area contributed by atoms with Crippen LogP contribution in [0.1, 0.15) is 34.7 Å². The number of para-hydroxylation sites is 1. The molecule has 1 unspecified atom stereocenters. The van der Waals surface area contributed by atoms with Gasteiger partial charge in [-0.2, -0.15) is 0 Å². The third-order valence-electron chi connectivity index (χ3n) is 7.39. The van der Waals surface area contributed by atoms with Gasteiger partial charge in [0.2, 0.25) is 0 Å². The van der Waals surface area contributed by atoms with Crippen LogP contribution in [0.3, 0.4) is 0 Å². The highest BCUT2D eigenvalue weighted by Crippen LogP contribution is 2.58. The summed E-state index contributed by atoms with van der Waals surface area (Å²) in [6.07, 6.45) is 9.92. The van der Waals surface area contributed by atoms with Crippen molar-refractivity contribution in [2.75, 3.05) is 0 Å². The van der Waals surface area contributed by atoms with Crippen LogP contribution >= 0.6 is 0 Å². The summed E-state index contributed by atoms with van der Waals surface area (Å²) in [6, 6.07) is 39.9. The van der Waals surface area contributed by atoms with Crippen molar-refractivity contribution in [2.45, 2.75) is 19.3 Å². The number of fused-ring (bicyclic) bond motifs is 4. The van der Waals surface area contributed by atoms with Crippen molar-refractivity contribution < 1.29 is 0 Å². The second-order valence-electron chi connectivity index (χ2n) is 9.62. The summed E-state index contributed by atoms with van der Waals surface area (Å²) in [6.45, 7) is 4.20. The van der Waals surface area contributed by atoms with Gasteiger partial charge in [0.05, 0.1) is 11.1 Å². The number of rotatable bonds is 5. The SMILES string of the molecule is C/C=C\C=C/C=Nc1ccccc1C1(c2ccccc2)c2cc(C)ccc2-c2cc3ccccc3cc21. The highest BCUT2D eigenvalue weighted by molar-refractivity contribution is 5.96. The molecule has 0 fully saturated rings. The lowest BCUT2D eigenvalue weighted by Crippen LogP contribution is -2.28. The minimum absolute atomic E-state index is 0.483. The molecule has 1 aliphatic carbocycles. The van der Waals surface area contributed by atoms with Crippen molar-refractivity contribution in [3.63, 3.8) is 0 Å². The topological polar surface area (TPSA) is 12.4 Å². The third-order valence-corrected chi connectivity index (χ3v) is 7.39. The molecule has 0 aliphatic heterocycles. The normalized spacial score (nSPS) is 16.7. The van der Waals surface area contributed by atoms with Crippen LogP contribution in [0.2, 0.25) is 0 Å². The second-order valence-corrected chi connectivity index (χ2v) is 9.62. The minimum Gasteiger partial charge on any atom is -0.257 e. The molecule has 1 nitrogen and oxygen atoms in total. The number of aryl methyl sites for hydroxylation is 1. The molecule has 0 saturated heterocycles. The number of hydrogen-bond donors (Lipinski definition) is 0. The van der Waals surface area contributed by atoms with Crippen LogP contribution in [0.25, 0.3) is 21.9 Å². The first-order valence-electron chi connectivity index (χ1n) is 12.9. The maximum absolute atomic E-state index is 4.98. The Balaban J connectivity index is 1.74. The Morgan fingerprint density at radius 3 is 2.11 bits per heavy atom. The average Bonchev–Trinajstić information content (AvgIpc) is 3.21. The average molecular weight is 476 g/mol. The summed E-state index contributed by atoms with van der Waals surface area (Å²) in [5, 5.41) is 2.51. The van der Waals surface area contributed by atoms with E-state index < -0.39 is 5.41 Å². The molecule has 0 spiro atoms. The molecule has 0 amide bonds. The Labute approximate surface area is 219 Å². The van der Waals surface area contributed by atoms with Gasteiger partial charge in [-0.1, -0.05) is 115 Å². The van der Waals surface area contributed by atoms with Gasteiger partial charge in [-0.25, -0.2) is 0 Å². The van der Waals surface area contributed by atoms with E-state index in [1.807, 2.05) is 37.4 Å². The lowest BCUT2D eigenvalue weighted by atomic mass is 9.67. The summed E-state index contributed by atoms with van der Waals surface area (Å²) in [7, 11) is 0. The quantitative estimate of drug-likeness (QED) is 0.174. The fraction of sp³-hybridized carbons (Fsp3) is 0.0833. The number of benzene rings is 5. The molecule has 0 aromatic heterocycles. The molecule has 1 atom stereocenters. The number of aliphatic imine (C=N–C) groups is 1. The first kappa shape index (κ1) is 22.9. The van der Waals surface area contributed by atoms with E-state index in [1.54, 1.807) is 0 Å². The van der Waals surface area contributed by atoms with E-state index in [4.69, 9.17) is 4.99 Å². The van der Waals surface area contributed by atoms with Crippen LogP contribution in [-0.4, -0.2) is 6.21 Å². The van der Waals surface area contributed by atoms with Crippen molar-refractivity contribution in [1.29, 1.82) is 0 Å². The standard InChI is InChI=1S/C36H29N/c1-3-4-5-13-22-37-35-19-12-11-18-32(35)36(29-16-7-6-8-17-29)33-23-26(2)20-21-30(33)31-24-27-14-9-10-15-28(27)25-34(31)36/h3-25H,1-2H3/b4-3-,13-5-,37-22?. The molecule has 0 radical (unpaired) electrons. The largest absolute Gasteiger partial charge is 0.257 e. The molecule has 1 heteroatoms. The lowest BCUT2D eigenvalue weighted by Gasteiger charge is -2.35. The van der Waals surface area contributed by atoms with Crippen LogP contribution in [0.4, 0.5) is 5.69 Å². The van der Waals surface area contributed by atoms with E-state index in [1.165, 1.54) is 49.7 Å². The van der Waals surface area contributed by atoms with Gasteiger partial charge < -0.3 is 0 Å². The molecule has 5 aromatic carbocycles. The van der Waals surface area contributed by atoms with E-state index in [0.29, 0.717) is 0 Å². The van der Waals surface area contributed by atoms with Crippen LogP contribution in [0.5, 0.6) is 0 Å². The fourth-order valence-electron chi connectivity index (χ4n) is 5.82. The van der Waals surface area contributed by atoms with Crippen LogP contribution in [-0.2, 0) is 5.41 Å². The predicted molar refractivity (Wildman–Crippen MR) is 158 cm³/mol. The van der Waals surface area contributed by atoms with Gasteiger partial charge in [0.25, 0.3) is 0 Å². The molecule has 6 rings (SSSR count). The van der Waals surface area contributed by atoms with Gasteiger partial charge in [-0.3, -0.25) is 4.99 Å². The van der Waals surface area contributed by atoms with Crippen LogP contribution in [0.15, 0.2) is 138 Å². The van der Waals surface area contributed by atoms with Crippen molar-refractivity contribution in [1.82, 2.24) is 0 Å². The molecular weight excluding hydrogens is 446 g/mol. The first-order valence-corrected chi connectivity index (χ1v) is 12.9. The summed E-state index contributed by atoms with van der Waals surface area (Å²) < 4.78 is 0. The van der Waals surface area contributed by atoms with Crippen molar-refractivity contribution in [3.8, 4) is 11.1 Å². The maximum atomic E-state index is 4.98. The molecule has 0 N–H and O–H groups in total. The Morgan fingerprint density at radius 1 is 0.595 bits per heavy atom. The van der Waals surface area contributed by atoms with E-state index in [0.717, 1.165) is 5.69 Å². The summed E-state index contributed by atoms with van der Waals surface area (Å²) in [5.74, 6) is 0. The van der Waals surface area contributed by atoms with Gasteiger partial charge in [0, 0.05) is 6.21 Å². The number of allylic oxidation sites excluding steroid dienone is 4. The van der Waals surface area contributed by atoms with Crippen molar-refractivity contribution in [3.05, 3.63) is 161 Å². The molecule has 178 valence electrons. The number of nitrogens with zero attached hydrogens (tertiary/aromatic N) is 1. The van der Waals surface area contributed by atoms with Crippen LogP contribution < -0.4 is 0 Å². The zero-order valence-electron chi connectivity index (χ0n) is 21.2. The van der Waals surface area contributed by atoms with E-state index in [-0.39, 0.29) is 0 Å². The molecule has 5 aromatic rings. The van der Waals surface area contributed by atoms with Gasteiger partial charge >= 0.3 is 0 Å². The molecule has 0 saturated carbocycles. The Morgan fingerprint density at radius 2 is 1.30 bits per heavy atom. The Bertz CT molecular complexity index is 1690. The number of hydrogen-bond acceptors (Lipinski definition) is 1. The zero-order chi connectivity index (χ0) is 25.2. The predicted octanol–water partition coefficient (Wildman–Crippen LogP) is 9.35. The van der Waals surface area contributed by atoms with Gasteiger partial charge in [0.1, 0.15) is 0 Å². The zero-order valence-corrected chi connectivity index (χ0v) is 21.2. The van der Waals surface area contributed by atoms with Gasteiger partial charge in [-0.15, -0.1) is 0 Å². The minimum atomic E-state index is -0.483. The third kappa shape index (κ3) is 3.75. The highest BCUT2D eigenvalue weighted by atomic mass is 14.7. The van der Waals surface area contributed by atoms with Crippen LogP contribution in [0, 0.1) is 6.92 Å². The lowest BCUT2D eigenvalue weighted by molar-refractivity contribution is 0.769. The van der Waals surface area contributed by atoms with Crippen molar-refractivity contribution in [2.24, 2.45) is 4.99 Å². The molecule has 1 aliphatic rings. The second kappa shape index (κ2) is 9.52. The molecule has 37 heavy (non-hydrogen) atoms. The fourth-order valence-corrected chi connectivity index (χ4v) is 5.82. The van der Waals surface area contributed by atoms with E-state index in [9.17, 15) is 0 Å². The molecular formula is C36H29N. The van der Waals surface area contributed by atoms with Crippen molar-refractivity contribution >= 4 is 22.7 Å². The summed E-state index contributed by atoms with van der Waals surface area (Å²) in [4.78, 5) is 4.98. The van der Waals surface area contributed by atoms with Gasteiger partial charge in [0.15, 0.2) is 0 Å². The van der Waals surface area contributed by atoms with E-state index in [2.05, 4.69) is 116 Å². The molecule has 0 bridgehead atoms. The monoisotopic (exact) mass is 475 g/mol. The smallest absolute Gasteiger partial charge is 0.0734 e. The molecule has 0 heterocycles. The van der Waals surface area contributed by atoms with E-state index >= 15 is 0 Å². The van der Waals surface area contributed by atoms with Gasteiger partial charge in [-0.05, 0) is 82.3 Å². The Hall–Kier alpha value is -4.49. The first-order chi connectivity index (χ1) is 18.2. The summed E-state index contributed by atoms with van der Waals surface area (Å²) in [5.41, 5.74) is 9.41. The highest BCUT2D eigenvalue weighted by Gasteiger charge is 2.47. The maximum Gasteiger partial charge on any atom is 0.0734 e.